The zero-order chi connectivity index (χ0) is 11.8. The summed E-state index contributed by atoms with van der Waals surface area (Å²) in [6.45, 7) is 2.79. The Labute approximate surface area is 104 Å². The first-order valence-electron chi connectivity index (χ1n) is 5.76. The number of nitrogens with zero attached hydrogens (tertiary/aromatic N) is 2. The summed E-state index contributed by atoms with van der Waals surface area (Å²) in [6, 6.07) is 0.0888. The van der Waals surface area contributed by atoms with Crippen molar-refractivity contribution in [2.75, 3.05) is 0 Å². The Hall–Kier alpha value is -0.390. The third-order valence-corrected chi connectivity index (χ3v) is 3.88. The molecule has 1 aliphatic rings. The van der Waals surface area contributed by atoms with Gasteiger partial charge in [0.05, 0.1) is 16.4 Å². The molecule has 3 N–H and O–H groups in total. The highest BCUT2D eigenvalue weighted by Crippen LogP contribution is 2.39. The Morgan fingerprint density at radius 2 is 2.50 bits per heavy atom. The third kappa shape index (κ3) is 2.04. The van der Waals surface area contributed by atoms with Gasteiger partial charge < -0.3 is 10.8 Å². The number of halogens is 1. The molecule has 0 amide bonds. The molecule has 4 nitrogen and oxygen atoms in total. The second-order valence-electron chi connectivity index (χ2n) is 4.54. The molecule has 2 rings (SSSR count). The van der Waals surface area contributed by atoms with Crippen LogP contribution in [0.15, 0.2) is 10.7 Å². The van der Waals surface area contributed by atoms with Crippen molar-refractivity contribution in [3.8, 4) is 0 Å². The van der Waals surface area contributed by atoms with Gasteiger partial charge in [0.15, 0.2) is 0 Å². The van der Waals surface area contributed by atoms with Crippen LogP contribution < -0.4 is 5.73 Å². The second-order valence-corrected chi connectivity index (χ2v) is 5.40. The first kappa shape index (κ1) is 12.1. The fourth-order valence-electron chi connectivity index (χ4n) is 2.57. The molecule has 0 bridgehead atoms. The van der Waals surface area contributed by atoms with Crippen LogP contribution in [-0.2, 0) is 12.1 Å². The Kier molecular flexibility index (Phi) is 3.37. The molecule has 1 fully saturated rings. The van der Waals surface area contributed by atoms with E-state index in [4.69, 9.17) is 5.73 Å². The lowest BCUT2D eigenvalue weighted by atomic mass is 9.80. The first-order chi connectivity index (χ1) is 7.57. The molecule has 5 heteroatoms. The number of aromatic nitrogens is 2. The normalized spacial score (nSPS) is 30.6. The number of nitrogens with two attached hydrogens (primary N) is 1. The largest absolute Gasteiger partial charge is 0.383 e. The van der Waals surface area contributed by atoms with Crippen molar-refractivity contribution in [3.05, 3.63) is 16.4 Å². The lowest BCUT2D eigenvalue weighted by Gasteiger charge is -2.36. The van der Waals surface area contributed by atoms with E-state index in [2.05, 4.69) is 21.0 Å². The summed E-state index contributed by atoms with van der Waals surface area (Å²) in [5.41, 5.74) is 6.02. The Morgan fingerprint density at radius 1 is 1.75 bits per heavy atom. The fourth-order valence-corrected chi connectivity index (χ4v) is 3.24. The minimum absolute atomic E-state index is 0.0888. The minimum atomic E-state index is -0.816. The average molecular weight is 288 g/mol. The molecule has 0 saturated heterocycles. The van der Waals surface area contributed by atoms with Crippen molar-refractivity contribution in [2.45, 2.75) is 50.8 Å². The van der Waals surface area contributed by atoms with Crippen LogP contribution in [-0.4, -0.2) is 20.9 Å². The first-order valence-corrected chi connectivity index (χ1v) is 6.56. The van der Waals surface area contributed by atoms with Gasteiger partial charge in [-0.2, -0.15) is 5.10 Å². The van der Waals surface area contributed by atoms with Gasteiger partial charge in [0, 0.05) is 12.6 Å². The Bertz CT molecular complexity index is 379. The molecular weight excluding hydrogens is 270 g/mol. The van der Waals surface area contributed by atoms with E-state index < -0.39 is 5.60 Å². The SMILES string of the molecule is CCn1ncc(Br)c1C1(O)CCCC(N)C1. The van der Waals surface area contributed by atoms with Gasteiger partial charge in [-0.1, -0.05) is 0 Å². The zero-order valence-electron chi connectivity index (χ0n) is 9.49. The second kappa shape index (κ2) is 4.47. The molecular formula is C11H18BrN3O. The average Bonchev–Trinajstić information content (AvgIpc) is 2.59. The van der Waals surface area contributed by atoms with Crippen LogP contribution in [0.25, 0.3) is 0 Å². The monoisotopic (exact) mass is 287 g/mol. The van der Waals surface area contributed by atoms with Crippen molar-refractivity contribution in [1.82, 2.24) is 9.78 Å². The van der Waals surface area contributed by atoms with E-state index in [9.17, 15) is 5.11 Å². The van der Waals surface area contributed by atoms with E-state index in [0.29, 0.717) is 6.42 Å². The van der Waals surface area contributed by atoms with Gasteiger partial charge >= 0.3 is 0 Å². The van der Waals surface area contributed by atoms with Crippen molar-refractivity contribution >= 4 is 15.9 Å². The van der Waals surface area contributed by atoms with Crippen LogP contribution in [0.5, 0.6) is 0 Å². The van der Waals surface area contributed by atoms with Crippen molar-refractivity contribution in [1.29, 1.82) is 0 Å². The lowest BCUT2D eigenvalue weighted by molar-refractivity contribution is -0.0156. The third-order valence-electron chi connectivity index (χ3n) is 3.30. The highest BCUT2D eigenvalue weighted by atomic mass is 79.9. The van der Waals surface area contributed by atoms with Crippen LogP contribution in [0, 0.1) is 0 Å². The highest BCUT2D eigenvalue weighted by Gasteiger charge is 2.38. The molecule has 90 valence electrons. The van der Waals surface area contributed by atoms with Crippen LogP contribution >= 0.6 is 15.9 Å². The maximum atomic E-state index is 10.7. The highest BCUT2D eigenvalue weighted by molar-refractivity contribution is 9.10. The molecule has 0 aromatic carbocycles. The topological polar surface area (TPSA) is 64.1 Å². The van der Waals surface area contributed by atoms with Crippen molar-refractivity contribution < 1.29 is 5.11 Å². The Balaban J connectivity index is 2.37. The molecule has 1 aromatic rings. The lowest BCUT2D eigenvalue weighted by Crippen LogP contribution is -2.40. The van der Waals surface area contributed by atoms with Crippen molar-refractivity contribution in [3.63, 3.8) is 0 Å². The van der Waals surface area contributed by atoms with E-state index >= 15 is 0 Å². The molecule has 16 heavy (non-hydrogen) atoms. The number of aliphatic hydroxyl groups is 1. The van der Waals surface area contributed by atoms with E-state index in [-0.39, 0.29) is 6.04 Å². The standard InChI is InChI=1S/C11H18BrN3O/c1-2-15-10(9(12)7-14-15)11(16)5-3-4-8(13)6-11/h7-8,16H,2-6,13H2,1H3. The molecule has 1 saturated carbocycles. The summed E-state index contributed by atoms with van der Waals surface area (Å²) < 4.78 is 2.73. The van der Waals surface area contributed by atoms with Gasteiger partial charge in [-0.25, -0.2) is 0 Å². The molecule has 1 aromatic heterocycles. The number of aryl methyl sites for hydroxylation is 1. The molecule has 1 heterocycles. The quantitative estimate of drug-likeness (QED) is 0.871. The van der Waals surface area contributed by atoms with Gasteiger partial charge in [0.1, 0.15) is 5.60 Å². The maximum absolute atomic E-state index is 10.7. The van der Waals surface area contributed by atoms with Gasteiger partial charge in [0.25, 0.3) is 0 Å². The van der Waals surface area contributed by atoms with Gasteiger partial charge in [-0.05, 0) is 48.5 Å². The van der Waals surface area contributed by atoms with Crippen LogP contribution in [0.3, 0.4) is 0 Å². The summed E-state index contributed by atoms with van der Waals surface area (Å²) in [5.74, 6) is 0. The molecule has 2 atom stereocenters. The summed E-state index contributed by atoms with van der Waals surface area (Å²) in [5, 5.41) is 15.0. The van der Waals surface area contributed by atoms with E-state index in [1.54, 1.807) is 6.20 Å². The molecule has 0 spiro atoms. The summed E-state index contributed by atoms with van der Waals surface area (Å²) >= 11 is 3.46. The smallest absolute Gasteiger partial charge is 0.109 e. The zero-order valence-corrected chi connectivity index (χ0v) is 11.1. The van der Waals surface area contributed by atoms with E-state index in [0.717, 1.165) is 36.0 Å². The number of hydrogen-bond acceptors (Lipinski definition) is 3. The maximum Gasteiger partial charge on any atom is 0.109 e. The van der Waals surface area contributed by atoms with Crippen LogP contribution in [0.4, 0.5) is 0 Å². The van der Waals surface area contributed by atoms with Crippen LogP contribution in [0.2, 0.25) is 0 Å². The fraction of sp³-hybridized carbons (Fsp3) is 0.727. The minimum Gasteiger partial charge on any atom is -0.383 e. The summed E-state index contributed by atoms with van der Waals surface area (Å²) in [4.78, 5) is 0. The van der Waals surface area contributed by atoms with Crippen molar-refractivity contribution in [2.24, 2.45) is 5.73 Å². The predicted molar refractivity (Wildman–Crippen MR) is 65.9 cm³/mol. The van der Waals surface area contributed by atoms with E-state index in [1.165, 1.54) is 0 Å². The summed E-state index contributed by atoms with van der Waals surface area (Å²) in [6.07, 6.45) is 5.11. The Morgan fingerprint density at radius 3 is 3.12 bits per heavy atom. The molecule has 2 unspecified atom stereocenters. The number of rotatable bonds is 2. The van der Waals surface area contributed by atoms with Gasteiger partial charge in [-0.15, -0.1) is 0 Å². The molecule has 0 aliphatic heterocycles. The van der Waals surface area contributed by atoms with Gasteiger partial charge in [0.2, 0.25) is 0 Å². The number of hydrogen-bond donors (Lipinski definition) is 2. The predicted octanol–water partition coefficient (Wildman–Crippen LogP) is 1.75. The molecule has 0 radical (unpaired) electrons. The molecule has 1 aliphatic carbocycles. The van der Waals surface area contributed by atoms with E-state index in [1.807, 2.05) is 11.6 Å². The summed E-state index contributed by atoms with van der Waals surface area (Å²) in [7, 11) is 0. The van der Waals surface area contributed by atoms with Crippen LogP contribution in [0.1, 0.15) is 38.3 Å². The van der Waals surface area contributed by atoms with Gasteiger partial charge in [-0.3, -0.25) is 4.68 Å².